The number of hydrogen-bond acceptors (Lipinski definition) is 2. The molecule has 154 valence electrons. The van der Waals surface area contributed by atoms with Crippen LogP contribution in [0.3, 0.4) is 0 Å². The van der Waals surface area contributed by atoms with Crippen LogP contribution in [0.2, 0.25) is 0 Å². The monoisotopic (exact) mass is 386 g/mol. The molecule has 6 aliphatic rings. The highest BCUT2D eigenvalue weighted by Gasteiger charge is 2.76. The lowest BCUT2D eigenvalue weighted by Gasteiger charge is -2.67. The van der Waals surface area contributed by atoms with Gasteiger partial charge in [0.1, 0.15) is 11.8 Å². The zero-order valence-electron chi connectivity index (χ0n) is 17.8. The van der Waals surface area contributed by atoms with Crippen LogP contribution in [0.4, 0.5) is 4.39 Å². The molecule has 0 radical (unpaired) electrons. The second kappa shape index (κ2) is 5.06. The molecule has 2 spiro atoms. The first-order chi connectivity index (χ1) is 13.2. The summed E-state index contributed by atoms with van der Waals surface area (Å²) in [5, 5.41) is 0. The van der Waals surface area contributed by atoms with Gasteiger partial charge in [-0.1, -0.05) is 32.4 Å². The fourth-order valence-corrected chi connectivity index (χ4v) is 9.44. The van der Waals surface area contributed by atoms with Crippen molar-refractivity contribution in [3.05, 3.63) is 11.6 Å². The van der Waals surface area contributed by atoms with Gasteiger partial charge in [0.15, 0.2) is 0 Å². The Labute approximate surface area is 168 Å². The van der Waals surface area contributed by atoms with Gasteiger partial charge in [-0.3, -0.25) is 4.79 Å². The van der Waals surface area contributed by atoms with Gasteiger partial charge in [0.05, 0.1) is 0 Å². The minimum Gasteiger partial charge on any atom is -0.458 e. The molecule has 1 aliphatic heterocycles. The summed E-state index contributed by atoms with van der Waals surface area (Å²) in [5.41, 5.74) is 1.17. The molecule has 28 heavy (non-hydrogen) atoms. The molecule has 7 unspecified atom stereocenters. The number of ether oxygens (including phenoxy) is 1. The molecular weight excluding hydrogens is 351 g/mol. The number of carbonyl (C=O) groups excluding carboxylic acids is 1. The van der Waals surface area contributed by atoms with E-state index in [1.165, 1.54) is 32.1 Å². The molecule has 0 bridgehead atoms. The van der Waals surface area contributed by atoms with Gasteiger partial charge in [-0.25, -0.2) is 4.39 Å². The van der Waals surface area contributed by atoms with Crippen LogP contribution in [0.5, 0.6) is 0 Å². The molecule has 1 saturated heterocycles. The van der Waals surface area contributed by atoms with Crippen molar-refractivity contribution in [1.29, 1.82) is 0 Å². The van der Waals surface area contributed by atoms with Gasteiger partial charge < -0.3 is 4.74 Å². The molecule has 5 fully saturated rings. The summed E-state index contributed by atoms with van der Waals surface area (Å²) in [4.78, 5) is 12.1. The van der Waals surface area contributed by atoms with Crippen LogP contribution >= 0.6 is 0 Å². The molecule has 0 amide bonds. The molecule has 7 atom stereocenters. The quantitative estimate of drug-likeness (QED) is 0.369. The average Bonchev–Trinajstić information content (AvgIpc) is 3.23. The summed E-state index contributed by atoms with van der Waals surface area (Å²) in [6.07, 6.45) is 13.0. The lowest BCUT2D eigenvalue weighted by molar-refractivity contribution is -0.207. The predicted octanol–water partition coefficient (Wildman–Crippen LogP) is 6.14. The van der Waals surface area contributed by atoms with Gasteiger partial charge in [-0.2, -0.15) is 0 Å². The van der Waals surface area contributed by atoms with E-state index in [4.69, 9.17) is 4.74 Å². The van der Waals surface area contributed by atoms with E-state index in [2.05, 4.69) is 26.8 Å². The van der Waals surface area contributed by atoms with Gasteiger partial charge in [-0.05, 0) is 86.9 Å². The highest BCUT2D eigenvalue weighted by molar-refractivity contribution is 5.72. The van der Waals surface area contributed by atoms with Crippen LogP contribution in [-0.4, -0.2) is 17.7 Å². The molecule has 4 saturated carbocycles. The molecule has 0 aromatic rings. The third kappa shape index (κ3) is 1.76. The second-order valence-corrected chi connectivity index (χ2v) is 11.9. The Morgan fingerprint density at radius 3 is 2.50 bits per heavy atom. The molecule has 2 nitrogen and oxygen atoms in total. The highest BCUT2D eigenvalue weighted by Crippen LogP contribution is 2.80. The van der Waals surface area contributed by atoms with Crippen molar-refractivity contribution in [2.75, 3.05) is 0 Å². The SMILES string of the molecule is CC12CCCC=C1C1(CC1)CC1C3CCC4(CCC(=O)O4)C3(C)CC(F)C12C. The van der Waals surface area contributed by atoms with E-state index in [9.17, 15) is 4.79 Å². The zero-order valence-corrected chi connectivity index (χ0v) is 17.8. The van der Waals surface area contributed by atoms with Crippen molar-refractivity contribution in [2.45, 2.75) is 103 Å². The van der Waals surface area contributed by atoms with Crippen molar-refractivity contribution >= 4 is 5.97 Å². The van der Waals surface area contributed by atoms with Crippen molar-refractivity contribution in [2.24, 2.45) is 33.5 Å². The summed E-state index contributed by atoms with van der Waals surface area (Å²) in [5.74, 6) is 0.855. The molecule has 0 aromatic heterocycles. The van der Waals surface area contributed by atoms with Crippen molar-refractivity contribution in [1.82, 2.24) is 0 Å². The Hall–Kier alpha value is -0.860. The third-order valence-corrected chi connectivity index (χ3v) is 11.3. The minimum absolute atomic E-state index is 0.00746. The van der Waals surface area contributed by atoms with E-state index in [1.54, 1.807) is 5.57 Å². The lowest BCUT2D eigenvalue weighted by atomic mass is 9.37. The van der Waals surface area contributed by atoms with E-state index in [0.29, 0.717) is 30.1 Å². The van der Waals surface area contributed by atoms with Gasteiger partial charge in [0.25, 0.3) is 0 Å². The van der Waals surface area contributed by atoms with Crippen LogP contribution in [0.15, 0.2) is 11.6 Å². The number of hydrogen-bond donors (Lipinski definition) is 0. The Balaban J connectivity index is 1.48. The molecule has 0 aromatic carbocycles. The summed E-state index contributed by atoms with van der Waals surface area (Å²) in [6.45, 7) is 7.01. The average molecular weight is 387 g/mol. The fraction of sp³-hybridized carbons (Fsp3) is 0.880. The Morgan fingerprint density at radius 1 is 1.04 bits per heavy atom. The zero-order chi connectivity index (χ0) is 19.6. The number of esters is 1. The van der Waals surface area contributed by atoms with E-state index in [0.717, 1.165) is 25.7 Å². The molecular formula is C25H35FO2. The smallest absolute Gasteiger partial charge is 0.306 e. The summed E-state index contributed by atoms with van der Waals surface area (Å²) in [6, 6.07) is 0. The first kappa shape index (κ1) is 18.0. The fourth-order valence-electron chi connectivity index (χ4n) is 9.44. The largest absolute Gasteiger partial charge is 0.458 e. The molecule has 5 aliphatic carbocycles. The van der Waals surface area contributed by atoms with Crippen molar-refractivity contribution < 1.29 is 13.9 Å². The van der Waals surface area contributed by atoms with Crippen LogP contribution in [0, 0.1) is 33.5 Å². The predicted molar refractivity (Wildman–Crippen MR) is 106 cm³/mol. The normalized spacial score (nSPS) is 56.1. The summed E-state index contributed by atoms with van der Waals surface area (Å²) >= 11 is 0. The van der Waals surface area contributed by atoms with Gasteiger partial charge in [0.2, 0.25) is 0 Å². The summed E-state index contributed by atoms with van der Waals surface area (Å²) in [7, 11) is 0. The molecule has 1 heterocycles. The maximum Gasteiger partial charge on any atom is 0.306 e. The second-order valence-electron chi connectivity index (χ2n) is 11.9. The molecule has 3 heteroatoms. The first-order valence-electron chi connectivity index (χ1n) is 11.8. The molecule has 6 rings (SSSR count). The maximum absolute atomic E-state index is 16.4. The lowest BCUT2D eigenvalue weighted by Crippen LogP contribution is -2.65. The van der Waals surface area contributed by atoms with E-state index < -0.39 is 6.17 Å². The van der Waals surface area contributed by atoms with Crippen LogP contribution in [-0.2, 0) is 9.53 Å². The van der Waals surface area contributed by atoms with Crippen LogP contribution in [0.1, 0.15) is 91.4 Å². The van der Waals surface area contributed by atoms with E-state index in [-0.39, 0.29) is 27.8 Å². The molecule has 0 N–H and O–H groups in total. The number of fused-ring (bicyclic) bond motifs is 7. The standard InChI is InChI=1S/C25H35FO2/c1-21-9-5-4-6-18(21)24(12-13-24)14-17-16-7-10-25(11-8-20(27)28-25)22(16,2)15-19(26)23(17,21)3/h6,16-17,19H,4-5,7-15H2,1-3H3. The van der Waals surface area contributed by atoms with E-state index in [1.807, 2.05) is 0 Å². The van der Waals surface area contributed by atoms with Crippen molar-refractivity contribution in [3.8, 4) is 0 Å². The number of carbonyl (C=O) groups is 1. The van der Waals surface area contributed by atoms with E-state index >= 15 is 4.39 Å². The Morgan fingerprint density at radius 2 is 1.82 bits per heavy atom. The number of halogens is 1. The van der Waals surface area contributed by atoms with Gasteiger partial charge in [0, 0.05) is 17.3 Å². The van der Waals surface area contributed by atoms with Crippen LogP contribution in [0.25, 0.3) is 0 Å². The maximum atomic E-state index is 16.4. The number of alkyl halides is 1. The number of allylic oxidation sites excluding steroid dienone is 2. The topological polar surface area (TPSA) is 26.3 Å². The highest BCUT2D eigenvalue weighted by atomic mass is 19.1. The minimum atomic E-state index is -0.810. The summed E-state index contributed by atoms with van der Waals surface area (Å²) < 4.78 is 22.5. The Bertz CT molecular complexity index is 783. The number of rotatable bonds is 0. The Kier molecular flexibility index (Phi) is 3.24. The van der Waals surface area contributed by atoms with Crippen LogP contribution < -0.4 is 0 Å². The third-order valence-electron chi connectivity index (χ3n) is 11.3. The van der Waals surface area contributed by atoms with Gasteiger partial charge in [-0.15, -0.1) is 0 Å². The first-order valence-corrected chi connectivity index (χ1v) is 11.8. The van der Waals surface area contributed by atoms with Crippen molar-refractivity contribution in [3.63, 3.8) is 0 Å². The van der Waals surface area contributed by atoms with Gasteiger partial charge >= 0.3 is 5.97 Å².